The standard InChI is InChI=1S/C18H18N2O4/c19-15-10-14(11-16(20)12-15)18(22)24-9-8-23-17(21)7-6-13-4-2-1-3-5-13/h1-7,10-12H,8-9,19-20H2. The fourth-order valence-corrected chi connectivity index (χ4v) is 1.93. The Bertz CT molecular complexity index is 722. The number of benzene rings is 2. The minimum absolute atomic E-state index is 0.0402. The van der Waals surface area contributed by atoms with E-state index in [9.17, 15) is 9.59 Å². The van der Waals surface area contributed by atoms with Gasteiger partial charge in [0.25, 0.3) is 0 Å². The van der Waals surface area contributed by atoms with Crippen LogP contribution in [0.3, 0.4) is 0 Å². The van der Waals surface area contributed by atoms with Crippen molar-refractivity contribution in [3.8, 4) is 0 Å². The zero-order valence-electron chi connectivity index (χ0n) is 13.0. The number of esters is 2. The molecule has 0 atom stereocenters. The van der Waals surface area contributed by atoms with E-state index in [1.807, 2.05) is 30.3 Å². The summed E-state index contributed by atoms with van der Waals surface area (Å²) in [5.41, 5.74) is 13.1. The summed E-state index contributed by atoms with van der Waals surface area (Å²) in [6, 6.07) is 13.8. The van der Waals surface area contributed by atoms with Crippen LogP contribution in [0.25, 0.3) is 6.08 Å². The summed E-state index contributed by atoms with van der Waals surface area (Å²) in [5, 5.41) is 0. The maximum Gasteiger partial charge on any atom is 0.338 e. The summed E-state index contributed by atoms with van der Waals surface area (Å²) >= 11 is 0. The lowest BCUT2D eigenvalue weighted by molar-refractivity contribution is -0.138. The lowest BCUT2D eigenvalue weighted by Gasteiger charge is -2.06. The Morgan fingerprint density at radius 3 is 2.21 bits per heavy atom. The molecule has 0 heterocycles. The van der Waals surface area contributed by atoms with Crippen LogP contribution < -0.4 is 11.5 Å². The summed E-state index contributed by atoms with van der Waals surface area (Å²) in [4.78, 5) is 23.4. The van der Waals surface area contributed by atoms with Gasteiger partial charge in [0, 0.05) is 17.5 Å². The van der Waals surface area contributed by atoms with Crippen LogP contribution in [0.2, 0.25) is 0 Å². The Kier molecular flexibility index (Phi) is 5.96. The molecule has 0 aliphatic carbocycles. The van der Waals surface area contributed by atoms with Gasteiger partial charge < -0.3 is 20.9 Å². The van der Waals surface area contributed by atoms with Crippen LogP contribution in [0.15, 0.2) is 54.6 Å². The Morgan fingerprint density at radius 1 is 0.917 bits per heavy atom. The van der Waals surface area contributed by atoms with Gasteiger partial charge in [-0.05, 0) is 29.8 Å². The molecule has 6 heteroatoms. The summed E-state index contributed by atoms with van der Waals surface area (Å²) < 4.78 is 9.95. The van der Waals surface area contributed by atoms with E-state index in [0.29, 0.717) is 11.4 Å². The fourth-order valence-electron chi connectivity index (χ4n) is 1.93. The first-order chi connectivity index (χ1) is 11.5. The van der Waals surface area contributed by atoms with Crippen LogP contribution in [0.1, 0.15) is 15.9 Å². The normalized spacial score (nSPS) is 10.5. The Morgan fingerprint density at radius 2 is 1.54 bits per heavy atom. The minimum Gasteiger partial charge on any atom is -0.459 e. The number of nitrogen functional groups attached to an aromatic ring is 2. The molecule has 124 valence electrons. The third kappa shape index (κ3) is 5.49. The number of hydrogen-bond acceptors (Lipinski definition) is 6. The van der Waals surface area contributed by atoms with E-state index in [0.717, 1.165) is 5.56 Å². The van der Waals surface area contributed by atoms with E-state index in [1.165, 1.54) is 24.3 Å². The zero-order chi connectivity index (χ0) is 17.4. The van der Waals surface area contributed by atoms with Crippen LogP contribution in [0.4, 0.5) is 11.4 Å². The molecule has 0 saturated carbocycles. The predicted molar refractivity (Wildman–Crippen MR) is 92.0 cm³/mol. The van der Waals surface area contributed by atoms with E-state index in [1.54, 1.807) is 6.08 Å². The van der Waals surface area contributed by atoms with Crippen LogP contribution in [-0.4, -0.2) is 25.2 Å². The molecule has 0 fully saturated rings. The first-order valence-corrected chi connectivity index (χ1v) is 7.27. The lowest BCUT2D eigenvalue weighted by Crippen LogP contribution is -2.13. The molecular formula is C18H18N2O4. The number of rotatable bonds is 6. The first-order valence-electron chi connectivity index (χ1n) is 7.27. The summed E-state index contributed by atoms with van der Waals surface area (Å²) in [7, 11) is 0. The highest BCUT2D eigenvalue weighted by molar-refractivity contribution is 5.91. The molecule has 6 nitrogen and oxygen atoms in total. The smallest absolute Gasteiger partial charge is 0.338 e. The second kappa shape index (κ2) is 8.38. The molecule has 24 heavy (non-hydrogen) atoms. The third-order valence-electron chi connectivity index (χ3n) is 2.99. The molecule has 0 spiro atoms. The van der Waals surface area contributed by atoms with Crippen LogP contribution in [0.5, 0.6) is 0 Å². The van der Waals surface area contributed by atoms with Crippen molar-refractivity contribution in [1.29, 1.82) is 0 Å². The van der Waals surface area contributed by atoms with Crippen LogP contribution >= 0.6 is 0 Å². The van der Waals surface area contributed by atoms with Gasteiger partial charge >= 0.3 is 11.9 Å². The second-order valence-corrected chi connectivity index (χ2v) is 4.94. The average molecular weight is 326 g/mol. The van der Waals surface area contributed by atoms with Gasteiger partial charge in [0.05, 0.1) is 5.56 Å². The van der Waals surface area contributed by atoms with Gasteiger partial charge in [-0.15, -0.1) is 0 Å². The van der Waals surface area contributed by atoms with Crippen molar-refractivity contribution in [3.63, 3.8) is 0 Å². The molecule has 0 amide bonds. The van der Waals surface area contributed by atoms with Gasteiger partial charge in [-0.1, -0.05) is 30.3 Å². The third-order valence-corrected chi connectivity index (χ3v) is 2.99. The second-order valence-electron chi connectivity index (χ2n) is 4.94. The van der Waals surface area contributed by atoms with Gasteiger partial charge in [-0.2, -0.15) is 0 Å². The predicted octanol–water partition coefficient (Wildman–Crippen LogP) is 2.26. The largest absolute Gasteiger partial charge is 0.459 e. The van der Waals surface area contributed by atoms with Gasteiger partial charge in [0.15, 0.2) is 0 Å². The van der Waals surface area contributed by atoms with Crippen molar-refractivity contribution in [3.05, 3.63) is 65.7 Å². The average Bonchev–Trinajstić information content (AvgIpc) is 2.56. The summed E-state index contributed by atoms with van der Waals surface area (Å²) in [6.45, 7) is -0.0973. The highest BCUT2D eigenvalue weighted by atomic mass is 16.6. The molecular weight excluding hydrogens is 308 g/mol. The van der Waals surface area contributed by atoms with Crippen molar-refractivity contribution in [2.45, 2.75) is 0 Å². The van der Waals surface area contributed by atoms with Gasteiger partial charge in [-0.3, -0.25) is 0 Å². The monoisotopic (exact) mass is 326 g/mol. The van der Waals surface area contributed by atoms with Crippen molar-refractivity contribution in [2.24, 2.45) is 0 Å². The van der Waals surface area contributed by atoms with Crippen molar-refractivity contribution < 1.29 is 19.1 Å². The van der Waals surface area contributed by atoms with E-state index in [2.05, 4.69) is 0 Å². The SMILES string of the molecule is Nc1cc(N)cc(C(=O)OCCOC(=O)C=Cc2ccccc2)c1. The molecule has 0 aliphatic heterocycles. The molecule has 4 N–H and O–H groups in total. The minimum atomic E-state index is -0.579. The van der Waals surface area contributed by atoms with Gasteiger partial charge in [0.2, 0.25) is 0 Å². The van der Waals surface area contributed by atoms with E-state index in [-0.39, 0.29) is 18.8 Å². The highest BCUT2D eigenvalue weighted by Gasteiger charge is 2.09. The molecule has 0 saturated heterocycles. The van der Waals surface area contributed by atoms with Crippen molar-refractivity contribution in [1.82, 2.24) is 0 Å². The Balaban J connectivity index is 1.73. The number of anilines is 2. The fraction of sp³-hybridized carbons (Fsp3) is 0.111. The van der Waals surface area contributed by atoms with Crippen LogP contribution in [0, 0.1) is 0 Å². The number of carbonyl (C=O) groups excluding carboxylic acids is 2. The molecule has 0 aromatic heterocycles. The van der Waals surface area contributed by atoms with E-state index >= 15 is 0 Å². The lowest BCUT2D eigenvalue weighted by atomic mass is 10.2. The molecule has 0 radical (unpaired) electrons. The topological polar surface area (TPSA) is 105 Å². The molecule has 0 unspecified atom stereocenters. The summed E-state index contributed by atoms with van der Waals surface area (Å²) in [6.07, 6.45) is 2.96. The van der Waals surface area contributed by atoms with Crippen LogP contribution in [-0.2, 0) is 14.3 Å². The number of carbonyl (C=O) groups is 2. The molecule has 2 aromatic carbocycles. The molecule has 0 bridgehead atoms. The highest BCUT2D eigenvalue weighted by Crippen LogP contribution is 2.14. The first kappa shape index (κ1) is 17.1. The van der Waals surface area contributed by atoms with E-state index < -0.39 is 11.9 Å². The molecule has 2 rings (SSSR count). The zero-order valence-corrected chi connectivity index (χ0v) is 13.0. The molecule has 0 aliphatic rings. The van der Waals surface area contributed by atoms with Gasteiger partial charge in [0.1, 0.15) is 13.2 Å². The number of ether oxygens (including phenoxy) is 2. The summed E-state index contributed by atoms with van der Waals surface area (Å²) in [5.74, 6) is -1.09. The maximum atomic E-state index is 11.8. The molecule has 2 aromatic rings. The Labute approximate surface area is 139 Å². The van der Waals surface area contributed by atoms with Crippen molar-refractivity contribution in [2.75, 3.05) is 24.7 Å². The number of nitrogens with two attached hydrogens (primary N) is 2. The quantitative estimate of drug-likeness (QED) is 0.365. The maximum absolute atomic E-state index is 11.8. The number of hydrogen-bond donors (Lipinski definition) is 2. The van der Waals surface area contributed by atoms with E-state index in [4.69, 9.17) is 20.9 Å². The van der Waals surface area contributed by atoms with Gasteiger partial charge in [-0.25, -0.2) is 9.59 Å². The van der Waals surface area contributed by atoms with Crippen molar-refractivity contribution >= 4 is 29.4 Å². The Hall–Kier alpha value is -3.28.